The second-order valence-electron chi connectivity index (χ2n) is 6.66. The lowest BCUT2D eigenvalue weighted by Crippen LogP contribution is -2.39. The minimum atomic E-state index is -3.13. The Hall–Kier alpha value is -1.07. The van der Waals surface area contributed by atoms with Crippen LogP contribution in [0.2, 0.25) is 0 Å². The Bertz CT molecular complexity index is 726. The number of ether oxygens (including phenoxy) is 1. The van der Waals surface area contributed by atoms with Gasteiger partial charge >= 0.3 is 0 Å². The molecule has 2 N–H and O–H groups in total. The summed E-state index contributed by atoms with van der Waals surface area (Å²) in [6, 6.07) is 6.16. The molecule has 0 bridgehead atoms. The molecule has 0 saturated heterocycles. The summed E-state index contributed by atoms with van der Waals surface area (Å²) in [6.45, 7) is 10.9. The van der Waals surface area contributed by atoms with Crippen LogP contribution < -0.4 is 15.4 Å². The van der Waals surface area contributed by atoms with Gasteiger partial charge in [0.1, 0.15) is 5.75 Å². The van der Waals surface area contributed by atoms with E-state index >= 15 is 0 Å². The number of sulfonamides is 1. The number of nitrogens with zero attached hydrogens (tertiary/aromatic N) is 2. The normalized spacial score (nSPS) is 11.9. The molecule has 0 aliphatic heterocycles. The molecule has 29 heavy (non-hydrogen) atoms. The minimum absolute atomic E-state index is 0. The van der Waals surface area contributed by atoms with E-state index in [9.17, 15) is 8.42 Å². The Balaban J connectivity index is 0.00000784. The largest absolute Gasteiger partial charge is 0.493 e. The van der Waals surface area contributed by atoms with Gasteiger partial charge in [0.25, 0.3) is 0 Å². The van der Waals surface area contributed by atoms with E-state index in [1.54, 1.807) is 14.0 Å². The molecule has 1 aromatic rings. The van der Waals surface area contributed by atoms with Gasteiger partial charge in [-0.3, -0.25) is 0 Å². The van der Waals surface area contributed by atoms with Gasteiger partial charge in [-0.05, 0) is 45.2 Å². The first-order chi connectivity index (χ1) is 13.3. The van der Waals surface area contributed by atoms with Crippen molar-refractivity contribution in [2.45, 2.75) is 47.1 Å². The van der Waals surface area contributed by atoms with Crippen molar-refractivity contribution in [2.24, 2.45) is 4.99 Å². The fourth-order valence-corrected chi connectivity index (χ4v) is 3.36. The molecule has 0 aliphatic rings. The molecule has 0 heterocycles. The molecule has 0 unspecified atom stereocenters. The van der Waals surface area contributed by atoms with E-state index in [1.165, 1.54) is 4.31 Å². The first-order valence-electron chi connectivity index (χ1n) is 10.0. The standard InChI is InChI=1S/C20H36N4O3S.HI/c1-6-14-27-19-15-17(4)10-11-18(19)16-23-20(21-7-2)22-12-9-13-24(5)28(25,26)8-3;/h10-11,15H,6-9,12-14,16H2,1-5H3,(H2,21,22,23);1H. The fourth-order valence-electron chi connectivity index (χ4n) is 2.51. The number of hydrogen-bond donors (Lipinski definition) is 2. The van der Waals surface area contributed by atoms with Crippen molar-refractivity contribution in [3.05, 3.63) is 29.3 Å². The predicted molar refractivity (Wildman–Crippen MR) is 132 cm³/mol. The van der Waals surface area contributed by atoms with Crippen LogP contribution >= 0.6 is 24.0 Å². The lowest BCUT2D eigenvalue weighted by Gasteiger charge is -2.17. The molecular weight excluding hydrogens is 503 g/mol. The van der Waals surface area contributed by atoms with Crippen molar-refractivity contribution in [1.82, 2.24) is 14.9 Å². The fraction of sp³-hybridized carbons (Fsp3) is 0.650. The van der Waals surface area contributed by atoms with E-state index in [0.717, 1.165) is 29.8 Å². The maximum absolute atomic E-state index is 11.8. The van der Waals surface area contributed by atoms with Crippen LogP contribution in [0.5, 0.6) is 5.75 Å². The van der Waals surface area contributed by atoms with Gasteiger partial charge in [-0.15, -0.1) is 24.0 Å². The van der Waals surface area contributed by atoms with Crippen molar-refractivity contribution < 1.29 is 13.2 Å². The van der Waals surface area contributed by atoms with Crippen LogP contribution in [-0.4, -0.2) is 57.7 Å². The number of rotatable bonds is 12. The number of benzene rings is 1. The molecule has 1 rings (SSSR count). The van der Waals surface area contributed by atoms with Crippen LogP contribution in [0.3, 0.4) is 0 Å². The molecule has 0 radical (unpaired) electrons. The molecule has 9 heteroatoms. The molecule has 0 atom stereocenters. The summed E-state index contributed by atoms with van der Waals surface area (Å²) in [6.07, 6.45) is 1.67. The topological polar surface area (TPSA) is 83.0 Å². The van der Waals surface area contributed by atoms with E-state index in [-0.39, 0.29) is 29.7 Å². The average molecular weight is 541 g/mol. The number of halogens is 1. The van der Waals surface area contributed by atoms with Crippen LogP contribution in [0.25, 0.3) is 0 Å². The smallest absolute Gasteiger partial charge is 0.213 e. The number of aliphatic imine (C=N–C) groups is 1. The first-order valence-corrected chi connectivity index (χ1v) is 11.6. The molecule has 0 aliphatic carbocycles. The molecular formula is C20H37IN4O3S. The number of hydrogen-bond acceptors (Lipinski definition) is 4. The summed E-state index contributed by atoms with van der Waals surface area (Å²) >= 11 is 0. The average Bonchev–Trinajstić information content (AvgIpc) is 2.68. The highest BCUT2D eigenvalue weighted by Crippen LogP contribution is 2.21. The summed E-state index contributed by atoms with van der Waals surface area (Å²) in [5, 5.41) is 6.49. The van der Waals surface area contributed by atoms with E-state index < -0.39 is 10.0 Å². The molecule has 0 fully saturated rings. The van der Waals surface area contributed by atoms with Crippen LogP contribution in [0.15, 0.2) is 23.2 Å². The van der Waals surface area contributed by atoms with Crippen molar-refractivity contribution in [1.29, 1.82) is 0 Å². The maximum Gasteiger partial charge on any atom is 0.213 e. The lowest BCUT2D eigenvalue weighted by atomic mass is 10.1. The number of guanidine groups is 1. The highest BCUT2D eigenvalue weighted by atomic mass is 127. The Morgan fingerprint density at radius 1 is 1.21 bits per heavy atom. The highest BCUT2D eigenvalue weighted by molar-refractivity contribution is 14.0. The molecule has 7 nitrogen and oxygen atoms in total. The second kappa shape index (κ2) is 14.8. The van der Waals surface area contributed by atoms with Crippen molar-refractivity contribution in [3.8, 4) is 5.75 Å². The van der Waals surface area contributed by atoms with Crippen molar-refractivity contribution in [2.75, 3.05) is 39.0 Å². The summed E-state index contributed by atoms with van der Waals surface area (Å²) < 4.78 is 30.8. The summed E-state index contributed by atoms with van der Waals surface area (Å²) in [4.78, 5) is 4.65. The number of nitrogens with one attached hydrogen (secondary N) is 2. The van der Waals surface area contributed by atoms with E-state index in [0.29, 0.717) is 38.6 Å². The van der Waals surface area contributed by atoms with E-state index in [1.807, 2.05) is 19.9 Å². The van der Waals surface area contributed by atoms with Crippen LogP contribution in [0.1, 0.15) is 44.7 Å². The zero-order valence-corrected chi connectivity index (χ0v) is 21.5. The van der Waals surface area contributed by atoms with Gasteiger partial charge in [0.05, 0.1) is 18.9 Å². The van der Waals surface area contributed by atoms with Gasteiger partial charge < -0.3 is 15.4 Å². The molecule has 0 amide bonds. The van der Waals surface area contributed by atoms with Gasteiger partial charge in [0.15, 0.2) is 5.96 Å². The zero-order chi connectivity index (χ0) is 21.0. The highest BCUT2D eigenvalue weighted by Gasteiger charge is 2.14. The molecule has 0 saturated carbocycles. The van der Waals surface area contributed by atoms with Gasteiger partial charge in [-0.1, -0.05) is 19.1 Å². The van der Waals surface area contributed by atoms with Gasteiger partial charge in [0, 0.05) is 32.2 Å². The van der Waals surface area contributed by atoms with Crippen molar-refractivity contribution in [3.63, 3.8) is 0 Å². The zero-order valence-electron chi connectivity index (χ0n) is 18.3. The minimum Gasteiger partial charge on any atom is -0.493 e. The number of aryl methyl sites for hydroxylation is 1. The third kappa shape index (κ3) is 10.5. The predicted octanol–water partition coefficient (Wildman–Crippen LogP) is 3.13. The van der Waals surface area contributed by atoms with Crippen LogP contribution in [0.4, 0.5) is 0 Å². The van der Waals surface area contributed by atoms with E-state index in [2.05, 4.69) is 34.7 Å². The van der Waals surface area contributed by atoms with Gasteiger partial charge in [0.2, 0.25) is 10.0 Å². The van der Waals surface area contributed by atoms with Gasteiger partial charge in [-0.2, -0.15) is 0 Å². The summed E-state index contributed by atoms with van der Waals surface area (Å²) in [7, 11) is -1.51. The van der Waals surface area contributed by atoms with Crippen LogP contribution in [-0.2, 0) is 16.6 Å². The monoisotopic (exact) mass is 540 g/mol. The molecule has 0 spiro atoms. The molecule has 168 valence electrons. The second-order valence-corrected chi connectivity index (χ2v) is 9.02. The molecule has 0 aromatic heterocycles. The Morgan fingerprint density at radius 2 is 1.93 bits per heavy atom. The van der Waals surface area contributed by atoms with Gasteiger partial charge in [-0.25, -0.2) is 17.7 Å². The summed E-state index contributed by atoms with van der Waals surface area (Å²) in [5.74, 6) is 1.72. The first kappa shape index (κ1) is 27.9. The molecule has 1 aromatic carbocycles. The Kier molecular flexibility index (Phi) is 14.3. The third-order valence-corrected chi connectivity index (χ3v) is 6.08. The SMILES string of the molecule is CCCOc1cc(C)ccc1CN=C(NCC)NCCCN(C)S(=O)(=O)CC.I. The van der Waals surface area contributed by atoms with Crippen LogP contribution in [0, 0.1) is 6.92 Å². The quantitative estimate of drug-likeness (QED) is 0.184. The Morgan fingerprint density at radius 3 is 2.55 bits per heavy atom. The maximum atomic E-state index is 11.8. The Labute approximate surface area is 193 Å². The third-order valence-electron chi connectivity index (χ3n) is 4.22. The van der Waals surface area contributed by atoms with Crippen molar-refractivity contribution >= 4 is 40.0 Å². The van der Waals surface area contributed by atoms with E-state index in [4.69, 9.17) is 4.74 Å². The lowest BCUT2D eigenvalue weighted by molar-refractivity contribution is 0.314. The summed E-state index contributed by atoms with van der Waals surface area (Å²) in [5.41, 5.74) is 2.21.